The van der Waals surface area contributed by atoms with Gasteiger partial charge in [-0.25, -0.2) is 0 Å². The molecule has 0 aliphatic rings. The zero-order chi connectivity index (χ0) is 61.9. The van der Waals surface area contributed by atoms with Crippen molar-refractivity contribution in [2.45, 2.75) is 270 Å². The molecule has 9 heteroatoms. The summed E-state index contributed by atoms with van der Waals surface area (Å²) in [6.45, 7) is 4.51. The molecule has 0 fully saturated rings. The van der Waals surface area contributed by atoms with Crippen LogP contribution in [0.4, 0.5) is 0 Å². The molecule has 2 atom stereocenters. The number of aliphatic carboxylic acids is 1. The van der Waals surface area contributed by atoms with E-state index in [1.807, 2.05) is 21.1 Å². The van der Waals surface area contributed by atoms with E-state index in [0.29, 0.717) is 17.4 Å². The fourth-order valence-electron chi connectivity index (χ4n) is 8.96. The minimum Gasteiger partial charge on any atom is -0.545 e. The van der Waals surface area contributed by atoms with Crippen molar-refractivity contribution in [3.63, 3.8) is 0 Å². The third kappa shape index (κ3) is 66.5. The third-order valence-corrected chi connectivity index (χ3v) is 14.1. The summed E-state index contributed by atoms with van der Waals surface area (Å²) in [6.07, 6.45) is 92.0. The predicted octanol–water partition coefficient (Wildman–Crippen LogP) is 19.8. The van der Waals surface area contributed by atoms with Gasteiger partial charge in [0, 0.05) is 12.8 Å². The Bertz CT molecular complexity index is 1900. The molecule has 0 heterocycles. The number of carboxylic acid groups (broad SMARTS) is 1. The van der Waals surface area contributed by atoms with Gasteiger partial charge < -0.3 is 33.3 Å². The number of carboxylic acids is 1. The lowest BCUT2D eigenvalue weighted by atomic mass is 10.0. The number of nitrogens with zero attached hydrogens (tertiary/aromatic N) is 1. The Kier molecular flexibility index (Phi) is 61.4. The van der Waals surface area contributed by atoms with Gasteiger partial charge in [-0.05, 0) is 116 Å². The van der Waals surface area contributed by atoms with Crippen LogP contribution in [-0.4, -0.2) is 82.3 Å². The molecule has 0 saturated carbocycles. The standard InChI is InChI=1S/C76H125NO8/c1-6-8-10-12-14-16-18-20-22-24-26-28-30-31-32-33-34-35-36-37-38-39-40-41-42-43-45-47-49-51-53-55-57-59-61-63-65-67-74(79)85-72(71-84-76(75(80)81)82-69-68-77(3,4)5)70-83-73(78)66-64-62-60-58-56-54-52-50-48-46-44-29-27-25-23-21-19-17-15-13-11-9-7-2/h8-11,14-17,20-23,26-29,31-32,34-35,37-38,40-41,72,76H,6-7,12-13,18-19,24-25,30,33,36,39,42-71H2,1-5H3/b10-8-,11-9-,16-14-,17-15-,22-20-,23-21-,28-26-,29-27-,32-31-,35-34-,38-37-,41-40-. The second-order valence-corrected chi connectivity index (χ2v) is 23.3. The number of carbonyl (C=O) groups is 3. The molecule has 2 unspecified atom stereocenters. The lowest BCUT2D eigenvalue weighted by molar-refractivity contribution is -0.870. The first kappa shape index (κ1) is 80.2. The second-order valence-electron chi connectivity index (χ2n) is 23.3. The average Bonchev–Trinajstić information content (AvgIpc) is 3.48. The van der Waals surface area contributed by atoms with Crippen molar-refractivity contribution in [3.05, 3.63) is 146 Å². The Labute approximate surface area is 522 Å². The highest BCUT2D eigenvalue weighted by Crippen LogP contribution is 2.16. The highest BCUT2D eigenvalue weighted by atomic mass is 16.7. The smallest absolute Gasteiger partial charge is 0.306 e. The van der Waals surface area contributed by atoms with Crippen LogP contribution in [-0.2, 0) is 33.3 Å². The van der Waals surface area contributed by atoms with Crippen LogP contribution in [0.1, 0.15) is 258 Å². The van der Waals surface area contributed by atoms with Gasteiger partial charge in [-0.15, -0.1) is 0 Å². The van der Waals surface area contributed by atoms with E-state index in [2.05, 4.69) is 160 Å². The molecule has 0 rings (SSSR count). The van der Waals surface area contributed by atoms with Gasteiger partial charge >= 0.3 is 11.9 Å². The molecule has 9 nitrogen and oxygen atoms in total. The normalized spacial score (nSPS) is 13.7. The van der Waals surface area contributed by atoms with Crippen molar-refractivity contribution in [2.24, 2.45) is 0 Å². The Morgan fingerprint density at radius 1 is 0.353 bits per heavy atom. The van der Waals surface area contributed by atoms with Gasteiger partial charge in [0.15, 0.2) is 12.4 Å². The van der Waals surface area contributed by atoms with Gasteiger partial charge in [-0.2, -0.15) is 0 Å². The van der Waals surface area contributed by atoms with Crippen molar-refractivity contribution in [3.8, 4) is 0 Å². The first-order valence-electron chi connectivity index (χ1n) is 34.0. The molecular formula is C76H125NO8. The number of likely N-dealkylation sites (N-methyl/N-ethyl adjacent to an activating group) is 1. The number of esters is 2. The Morgan fingerprint density at radius 2 is 0.635 bits per heavy atom. The fraction of sp³-hybridized carbons (Fsp3) is 0.645. The lowest BCUT2D eigenvalue weighted by Crippen LogP contribution is -2.44. The summed E-state index contributed by atoms with van der Waals surface area (Å²) in [6, 6.07) is 0. The van der Waals surface area contributed by atoms with Crippen molar-refractivity contribution in [2.75, 3.05) is 47.5 Å². The zero-order valence-electron chi connectivity index (χ0n) is 54.9. The van der Waals surface area contributed by atoms with Crippen LogP contribution in [0.25, 0.3) is 0 Å². The summed E-state index contributed by atoms with van der Waals surface area (Å²) in [4.78, 5) is 37.5. The van der Waals surface area contributed by atoms with Gasteiger partial charge in [0.25, 0.3) is 0 Å². The van der Waals surface area contributed by atoms with Crippen LogP contribution in [0.15, 0.2) is 146 Å². The van der Waals surface area contributed by atoms with Gasteiger partial charge in [-0.3, -0.25) is 9.59 Å². The van der Waals surface area contributed by atoms with E-state index in [9.17, 15) is 19.5 Å². The molecule has 0 aromatic rings. The van der Waals surface area contributed by atoms with Gasteiger partial charge in [0.2, 0.25) is 0 Å². The summed E-state index contributed by atoms with van der Waals surface area (Å²) < 4.78 is 22.8. The number of carbonyl (C=O) groups excluding carboxylic acids is 3. The van der Waals surface area contributed by atoms with Crippen molar-refractivity contribution in [1.82, 2.24) is 0 Å². The molecular weight excluding hydrogens is 1050 g/mol. The second kappa shape index (κ2) is 65.2. The summed E-state index contributed by atoms with van der Waals surface area (Å²) in [5.41, 5.74) is 0. The number of rotatable bonds is 61. The predicted molar refractivity (Wildman–Crippen MR) is 361 cm³/mol. The van der Waals surface area contributed by atoms with E-state index in [1.54, 1.807) is 0 Å². The third-order valence-electron chi connectivity index (χ3n) is 14.1. The van der Waals surface area contributed by atoms with Crippen molar-refractivity contribution < 1.29 is 42.9 Å². The van der Waals surface area contributed by atoms with Crippen molar-refractivity contribution in [1.29, 1.82) is 0 Å². The molecule has 0 aromatic carbocycles. The lowest BCUT2D eigenvalue weighted by Gasteiger charge is -2.26. The topological polar surface area (TPSA) is 111 Å². The van der Waals surface area contributed by atoms with E-state index in [-0.39, 0.29) is 38.6 Å². The summed E-state index contributed by atoms with van der Waals surface area (Å²) in [7, 11) is 5.92. The minimum absolute atomic E-state index is 0.140. The van der Waals surface area contributed by atoms with Gasteiger partial charge in [0.1, 0.15) is 13.2 Å². The maximum atomic E-state index is 12.9. The first-order chi connectivity index (χ1) is 41.6. The minimum atomic E-state index is -1.63. The van der Waals surface area contributed by atoms with Crippen molar-refractivity contribution >= 4 is 17.9 Å². The fourth-order valence-corrected chi connectivity index (χ4v) is 8.96. The maximum absolute atomic E-state index is 12.9. The van der Waals surface area contributed by atoms with E-state index >= 15 is 0 Å². The van der Waals surface area contributed by atoms with E-state index in [1.165, 1.54) is 89.9 Å². The molecule has 0 aliphatic heterocycles. The Hall–Kier alpha value is -4.83. The van der Waals surface area contributed by atoms with E-state index < -0.39 is 24.3 Å². The average molecular weight is 1180 g/mol. The molecule has 0 radical (unpaired) electrons. The van der Waals surface area contributed by atoms with Crippen LogP contribution in [0.3, 0.4) is 0 Å². The summed E-state index contributed by atoms with van der Waals surface area (Å²) >= 11 is 0. The number of unbranched alkanes of at least 4 members (excludes halogenated alkanes) is 22. The zero-order valence-corrected chi connectivity index (χ0v) is 54.9. The molecule has 482 valence electrons. The number of hydrogen-bond acceptors (Lipinski definition) is 8. The molecule has 0 spiro atoms. The number of hydrogen-bond donors (Lipinski definition) is 0. The number of ether oxygens (including phenoxy) is 4. The highest BCUT2D eigenvalue weighted by Gasteiger charge is 2.22. The van der Waals surface area contributed by atoms with Crippen LogP contribution >= 0.6 is 0 Å². The SMILES string of the molecule is CC/C=C\C/C=C\C/C=C\C/C=C\C/C=C\C/C=C\C/C=C\C/C=C\CCCCCCCCCCCCCCC(=O)OC(COC(=O)CCCCCCCCCCCC/C=C\C/C=C\C/C=C\C/C=C\CC)COC(OCC[N+](C)(C)C)C(=O)[O-]. The largest absolute Gasteiger partial charge is 0.545 e. The van der Waals surface area contributed by atoms with Gasteiger partial charge in [-0.1, -0.05) is 275 Å². The molecule has 0 amide bonds. The van der Waals surface area contributed by atoms with E-state index in [4.69, 9.17) is 18.9 Å². The molecule has 0 aromatic heterocycles. The first-order valence-corrected chi connectivity index (χ1v) is 34.0. The quantitative estimate of drug-likeness (QED) is 0.0195. The monoisotopic (exact) mass is 1180 g/mol. The van der Waals surface area contributed by atoms with Crippen LogP contribution in [0.5, 0.6) is 0 Å². The van der Waals surface area contributed by atoms with Gasteiger partial charge in [0.05, 0.1) is 40.3 Å². The Balaban J connectivity index is 4.16. The highest BCUT2D eigenvalue weighted by molar-refractivity contribution is 5.70. The van der Waals surface area contributed by atoms with Crippen LogP contribution in [0.2, 0.25) is 0 Å². The molecule has 0 bridgehead atoms. The van der Waals surface area contributed by atoms with E-state index in [0.717, 1.165) is 135 Å². The molecule has 0 saturated heterocycles. The molecule has 0 N–H and O–H groups in total. The van der Waals surface area contributed by atoms with Crippen LogP contribution < -0.4 is 5.11 Å². The summed E-state index contributed by atoms with van der Waals surface area (Å²) in [5, 5.41) is 11.8. The van der Waals surface area contributed by atoms with Crippen LogP contribution in [0, 0.1) is 0 Å². The number of quaternary nitrogens is 1. The number of allylic oxidation sites excluding steroid dienone is 24. The molecule has 85 heavy (non-hydrogen) atoms. The Morgan fingerprint density at radius 3 is 0.941 bits per heavy atom. The molecule has 0 aliphatic carbocycles. The maximum Gasteiger partial charge on any atom is 0.306 e. The summed E-state index contributed by atoms with van der Waals surface area (Å²) in [5.74, 6) is -2.30.